The van der Waals surface area contributed by atoms with Crippen molar-refractivity contribution in [2.75, 3.05) is 17.7 Å². The van der Waals surface area contributed by atoms with E-state index in [1.165, 1.54) is 11.8 Å². The van der Waals surface area contributed by atoms with E-state index in [2.05, 4.69) is 44.9 Å². The van der Waals surface area contributed by atoms with E-state index in [-0.39, 0.29) is 0 Å². The Morgan fingerprint density at radius 3 is 2.61 bits per heavy atom. The monoisotopic (exact) mass is 367 g/mol. The predicted octanol–water partition coefficient (Wildman–Crippen LogP) is 4.95. The molecular formula is C23H21N5. The number of hydrogen-bond donors (Lipinski definition) is 3. The fraction of sp³-hybridized carbons (Fsp3) is 0.0870. The number of anilines is 2. The summed E-state index contributed by atoms with van der Waals surface area (Å²) in [6.07, 6.45) is 6.83. The summed E-state index contributed by atoms with van der Waals surface area (Å²) in [7, 11) is 1.88. The Kier molecular flexibility index (Phi) is 4.97. The number of nitrogens with one attached hydrogen (secondary N) is 3. The van der Waals surface area contributed by atoms with Gasteiger partial charge in [-0.2, -0.15) is 0 Å². The molecule has 0 bridgehead atoms. The smallest absolute Gasteiger partial charge is 0.0710 e. The van der Waals surface area contributed by atoms with Gasteiger partial charge in [0.05, 0.1) is 23.1 Å². The van der Waals surface area contributed by atoms with Crippen LogP contribution in [0.1, 0.15) is 11.1 Å². The van der Waals surface area contributed by atoms with E-state index in [1.54, 1.807) is 12.4 Å². The standard InChI is InChI=1S/C23H21N5/c1-25-19-9-18(13-26-14-19)17-7-8-22-20(10-17)21(11-24)23(15-28-22)27-12-16-5-3-2-4-6-16/h2-11,13-15,24-25,27H,12H2,1H3. The Balaban J connectivity index is 1.73. The highest BCUT2D eigenvalue weighted by atomic mass is 14.9. The quantitative estimate of drug-likeness (QED) is 0.422. The van der Waals surface area contributed by atoms with Gasteiger partial charge < -0.3 is 16.0 Å². The van der Waals surface area contributed by atoms with E-state index in [4.69, 9.17) is 5.41 Å². The lowest BCUT2D eigenvalue weighted by atomic mass is 10.0. The van der Waals surface area contributed by atoms with Gasteiger partial charge >= 0.3 is 0 Å². The van der Waals surface area contributed by atoms with Crippen LogP contribution in [0.2, 0.25) is 0 Å². The fourth-order valence-corrected chi connectivity index (χ4v) is 3.22. The van der Waals surface area contributed by atoms with Gasteiger partial charge in [-0.15, -0.1) is 0 Å². The number of pyridine rings is 2. The summed E-state index contributed by atoms with van der Waals surface area (Å²) in [5.41, 5.74) is 6.76. The third-order valence-electron chi connectivity index (χ3n) is 4.74. The highest BCUT2D eigenvalue weighted by molar-refractivity contribution is 6.03. The van der Waals surface area contributed by atoms with E-state index in [0.717, 1.165) is 39.0 Å². The molecule has 0 radical (unpaired) electrons. The lowest BCUT2D eigenvalue weighted by Crippen LogP contribution is -2.03. The van der Waals surface area contributed by atoms with Gasteiger partial charge in [-0.25, -0.2) is 0 Å². The minimum atomic E-state index is 0.683. The largest absolute Gasteiger partial charge is 0.387 e. The maximum Gasteiger partial charge on any atom is 0.0710 e. The van der Waals surface area contributed by atoms with Crippen molar-refractivity contribution in [1.82, 2.24) is 9.97 Å². The van der Waals surface area contributed by atoms with Gasteiger partial charge in [0, 0.05) is 48.7 Å². The molecule has 0 spiro atoms. The molecule has 5 nitrogen and oxygen atoms in total. The Bertz CT molecular complexity index is 1120. The van der Waals surface area contributed by atoms with Crippen molar-refractivity contribution in [1.29, 1.82) is 5.41 Å². The van der Waals surface area contributed by atoms with Crippen LogP contribution in [0.3, 0.4) is 0 Å². The molecule has 3 N–H and O–H groups in total. The first-order valence-electron chi connectivity index (χ1n) is 9.12. The van der Waals surface area contributed by atoms with Crippen LogP contribution in [0.25, 0.3) is 22.0 Å². The normalized spacial score (nSPS) is 10.6. The number of nitrogens with zero attached hydrogens (tertiary/aromatic N) is 2. The van der Waals surface area contributed by atoms with E-state index in [0.29, 0.717) is 6.54 Å². The van der Waals surface area contributed by atoms with Crippen LogP contribution in [-0.2, 0) is 6.54 Å². The van der Waals surface area contributed by atoms with Crippen molar-refractivity contribution in [3.8, 4) is 11.1 Å². The molecule has 0 fully saturated rings. The first kappa shape index (κ1) is 17.7. The van der Waals surface area contributed by atoms with Gasteiger partial charge in [-0.05, 0) is 29.3 Å². The Labute approximate surface area is 164 Å². The highest BCUT2D eigenvalue weighted by Gasteiger charge is 2.09. The van der Waals surface area contributed by atoms with Gasteiger partial charge in [0.1, 0.15) is 0 Å². The zero-order valence-corrected chi connectivity index (χ0v) is 15.6. The average molecular weight is 367 g/mol. The van der Waals surface area contributed by atoms with E-state index >= 15 is 0 Å². The maximum atomic E-state index is 7.97. The summed E-state index contributed by atoms with van der Waals surface area (Å²) in [6.45, 7) is 0.683. The minimum absolute atomic E-state index is 0.683. The summed E-state index contributed by atoms with van der Waals surface area (Å²) >= 11 is 0. The van der Waals surface area contributed by atoms with E-state index < -0.39 is 0 Å². The van der Waals surface area contributed by atoms with Crippen molar-refractivity contribution in [2.45, 2.75) is 6.54 Å². The summed E-state index contributed by atoms with van der Waals surface area (Å²) in [4.78, 5) is 8.88. The second kappa shape index (κ2) is 7.88. The van der Waals surface area contributed by atoms with Gasteiger partial charge in [0.25, 0.3) is 0 Å². The number of hydrogen-bond acceptors (Lipinski definition) is 5. The van der Waals surface area contributed by atoms with Crippen molar-refractivity contribution >= 4 is 28.5 Å². The molecule has 0 amide bonds. The molecule has 0 saturated heterocycles. The van der Waals surface area contributed by atoms with Crippen LogP contribution >= 0.6 is 0 Å². The third kappa shape index (κ3) is 3.55. The summed E-state index contributed by atoms with van der Waals surface area (Å²) in [5.74, 6) is 0. The first-order chi connectivity index (χ1) is 13.8. The maximum absolute atomic E-state index is 7.97. The molecule has 0 atom stereocenters. The predicted molar refractivity (Wildman–Crippen MR) is 116 cm³/mol. The van der Waals surface area contributed by atoms with Gasteiger partial charge in [0.2, 0.25) is 0 Å². The molecule has 0 aliphatic carbocycles. The summed E-state index contributed by atoms with van der Waals surface area (Å²) in [6, 6.07) is 18.4. The molecule has 0 saturated carbocycles. The molecule has 138 valence electrons. The second-order valence-corrected chi connectivity index (χ2v) is 6.51. The fourth-order valence-electron chi connectivity index (χ4n) is 3.22. The number of rotatable bonds is 6. The van der Waals surface area contributed by atoms with E-state index in [9.17, 15) is 0 Å². The van der Waals surface area contributed by atoms with Gasteiger partial charge in [-0.1, -0.05) is 36.4 Å². The van der Waals surface area contributed by atoms with Crippen molar-refractivity contribution < 1.29 is 0 Å². The molecule has 0 unspecified atom stereocenters. The zero-order chi connectivity index (χ0) is 19.3. The van der Waals surface area contributed by atoms with Crippen LogP contribution in [0.5, 0.6) is 0 Å². The molecule has 4 aromatic rings. The van der Waals surface area contributed by atoms with Gasteiger partial charge in [0.15, 0.2) is 0 Å². The van der Waals surface area contributed by atoms with Crippen molar-refractivity contribution in [3.05, 3.63) is 84.3 Å². The molecule has 0 aliphatic rings. The Morgan fingerprint density at radius 1 is 0.964 bits per heavy atom. The SMILES string of the molecule is CNc1cncc(-c2ccc3ncc(NCc4ccccc4)c(C=N)c3c2)c1. The number of aromatic nitrogens is 2. The lowest BCUT2D eigenvalue weighted by Gasteiger charge is -2.13. The molecule has 5 heteroatoms. The Hall–Kier alpha value is -3.73. The van der Waals surface area contributed by atoms with Crippen LogP contribution < -0.4 is 10.6 Å². The molecule has 2 aromatic heterocycles. The zero-order valence-electron chi connectivity index (χ0n) is 15.6. The molecule has 28 heavy (non-hydrogen) atoms. The first-order valence-corrected chi connectivity index (χ1v) is 9.12. The third-order valence-corrected chi connectivity index (χ3v) is 4.74. The van der Waals surface area contributed by atoms with Gasteiger partial charge in [-0.3, -0.25) is 9.97 Å². The Morgan fingerprint density at radius 2 is 1.82 bits per heavy atom. The minimum Gasteiger partial charge on any atom is -0.387 e. The van der Waals surface area contributed by atoms with E-state index in [1.807, 2.05) is 43.6 Å². The molecule has 0 aliphatic heterocycles. The number of benzene rings is 2. The molecule has 2 heterocycles. The average Bonchev–Trinajstić information content (AvgIpc) is 2.77. The molecule has 4 rings (SSSR count). The van der Waals surface area contributed by atoms with Crippen LogP contribution in [0.4, 0.5) is 11.4 Å². The highest BCUT2D eigenvalue weighted by Crippen LogP contribution is 2.29. The van der Waals surface area contributed by atoms with Crippen molar-refractivity contribution in [2.24, 2.45) is 0 Å². The van der Waals surface area contributed by atoms with Crippen molar-refractivity contribution in [3.63, 3.8) is 0 Å². The van der Waals surface area contributed by atoms with Crippen LogP contribution in [0, 0.1) is 5.41 Å². The second-order valence-electron chi connectivity index (χ2n) is 6.51. The number of fused-ring (bicyclic) bond motifs is 1. The molecular weight excluding hydrogens is 346 g/mol. The topological polar surface area (TPSA) is 73.7 Å². The summed E-state index contributed by atoms with van der Waals surface area (Å²) < 4.78 is 0. The van der Waals surface area contributed by atoms with Crippen LogP contribution in [-0.4, -0.2) is 23.2 Å². The molecule has 2 aromatic carbocycles. The van der Waals surface area contributed by atoms with Crippen LogP contribution in [0.15, 0.2) is 73.2 Å². The summed E-state index contributed by atoms with van der Waals surface area (Å²) in [5, 5.41) is 15.4. The lowest BCUT2D eigenvalue weighted by molar-refractivity contribution is 1.14.